The van der Waals surface area contributed by atoms with E-state index in [9.17, 15) is 0 Å². The number of hydrogen-bond donors (Lipinski definition) is 0. The largest absolute Gasteiger partial charge is 0.0537 e. The smallest absolute Gasteiger partial charge is 0.0177 e. The molecular formula is C70H42. The lowest BCUT2D eigenvalue weighted by molar-refractivity contribution is 1.80. The number of hydrogen-bond acceptors (Lipinski definition) is 0. The Labute approximate surface area is 403 Å². The van der Waals surface area contributed by atoms with Gasteiger partial charge in [0.05, 0.1) is 0 Å². The first-order valence-corrected chi connectivity index (χ1v) is 24.3. The van der Waals surface area contributed by atoms with Crippen molar-refractivity contribution >= 4 is 151 Å². The van der Waals surface area contributed by atoms with E-state index >= 15 is 0 Å². The lowest BCUT2D eigenvalue weighted by atomic mass is 9.99. The summed E-state index contributed by atoms with van der Waals surface area (Å²) in [6.45, 7) is 0. The molecule has 322 valence electrons. The standard InChI is InChI=1S/C70H42/c1-2-44-30-48-9-11-55-36-57-16-18-61-39-66-27-28-70-42-68-25-23-64-37-59-14-13-54-34-52-7-5-46-29-43(1)45-3-4-50(54)33-56(52)15-17-60(64)38-62(59)21-22-67(70)41-69(68)26-24-65(61)40-63(66)20-19-58(55)35-53(57)8-6-47(44)32-51(48)12-10-49(46)31-45/h1-42H. The highest BCUT2D eigenvalue weighted by molar-refractivity contribution is 6.08. The van der Waals surface area contributed by atoms with Crippen molar-refractivity contribution in [1.29, 1.82) is 0 Å². The SMILES string of the molecule is c1cc2cc3ccc4cc5ccc6cc7ccc8cc9ccc%10cc%11ccc%12cc%13ccc%14cc1c1ccc%12cc%13ccc%10cc%11ccc8cc9ccc6cc7ccc4cc5ccc2cc3ccc%14c1. The monoisotopic (exact) mass is 882 g/mol. The van der Waals surface area contributed by atoms with Crippen molar-refractivity contribution < 1.29 is 0 Å². The molecule has 0 aliphatic rings. The van der Waals surface area contributed by atoms with Gasteiger partial charge >= 0.3 is 0 Å². The van der Waals surface area contributed by atoms with Crippen molar-refractivity contribution in [2.75, 3.05) is 0 Å². The molecule has 0 aliphatic carbocycles. The van der Waals surface area contributed by atoms with Crippen LogP contribution in [0.3, 0.4) is 0 Å². The lowest BCUT2D eigenvalue weighted by Crippen LogP contribution is -1.78. The van der Waals surface area contributed by atoms with Gasteiger partial charge in [0.15, 0.2) is 0 Å². The average molecular weight is 883 g/mol. The van der Waals surface area contributed by atoms with Crippen molar-refractivity contribution in [2.45, 2.75) is 0 Å². The van der Waals surface area contributed by atoms with Crippen LogP contribution in [0.1, 0.15) is 0 Å². The zero-order chi connectivity index (χ0) is 45.9. The molecule has 0 heterocycles. The average Bonchev–Trinajstić information content (AvgIpc) is 3.34. The highest BCUT2D eigenvalue weighted by atomic mass is 14.1. The molecule has 35 rings (SSSR count). The molecule has 0 saturated carbocycles. The minimum Gasteiger partial charge on any atom is -0.0537 e. The highest BCUT2D eigenvalue weighted by Crippen LogP contribution is 2.33. The Kier molecular flexibility index (Phi) is 8.46. The molecule has 0 fully saturated rings. The van der Waals surface area contributed by atoms with Gasteiger partial charge in [-0.2, -0.15) is 0 Å². The lowest BCUT2D eigenvalue weighted by Gasteiger charge is -2.05. The summed E-state index contributed by atoms with van der Waals surface area (Å²) < 4.78 is 0. The van der Waals surface area contributed by atoms with Crippen LogP contribution in [0.25, 0.3) is 151 Å². The molecule has 0 unspecified atom stereocenters. The van der Waals surface area contributed by atoms with Crippen molar-refractivity contribution in [3.63, 3.8) is 0 Å². The number of rotatable bonds is 0. The highest BCUT2D eigenvalue weighted by Gasteiger charge is 2.06. The summed E-state index contributed by atoms with van der Waals surface area (Å²) in [6.07, 6.45) is 0. The van der Waals surface area contributed by atoms with E-state index in [0.717, 1.165) is 0 Å². The Bertz CT molecular complexity index is 3470. The van der Waals surface area contributed by atoms with E-state index in [2.05, 4.69) is 255 Å². The van der Waals surface area contributed by atoms with E-state index in [1.165, 1.54) is 151 Å². The fourth-order valence-corrected chi connectivity index (χ4v) is 11.2. The van der Waals surface area contributed by atoms with Gasteiger partial charge in [-0.05, 0) is 236 Å². The van der Waals surface area contributed by atoms with Gasteiger partial charge in [0, 0.05) is 0 Å². The van der Waals surface area contributed by atoms with Crippen LogP contribution in [0.15, 0.2) is 255 Å². The predicted molar refractivity (Wildman–Crippen MR) is 307 cm³/mol. The van der Waals surface area contributed by atoms with Crippen LogP contribution >= 0.6 is 0 Å². The van der Waals surface area contributed by atoms with E-state index in [1.54, 1.807) is 0 Å². The summed E-state index contributed by atoms with van der Waals surface area (Å²) in [6, 6.07) is 97.7. The molecule has 0 N–H and O–H groups in total. The topological polar surface area (TPSA) is 0 Å². The molecule has 35 aromatic rings. The van der Waals surface area contributed by atoms with Gasteiger partial charge in [-0.15, -0.1) is 0 Å². The quantitative estimate of drug-likeness (QED) is 0.142. The van der Waals surface area contributed by atoms with Crippen molar-refractivity contribution in [3.05, 3.63) is 255 Å². The summed E-state index contributed by atoms with van der Waals surface area (Å²) in [5.74, 6) is 0. The Morgan fingerprint density at radius 2 is 0.114 bits per heavy atom. The van der Waals surface area contributed by atoms with Gasteiger partial charge in [0.1, 0.15) is 0 Å². The van der Waals surface area contributed by atoms with Gasteiger partial charge in [0.25, 0.3) is 0 Å². The molecule has 0 atom stereocenters. The normalized spacial score (nSPS) is 12.0. The fraction of sp³-hybridized carbons (Fsp3) is 0. The predicted octanol–water partition coefficient (Wildman–Crippen LogP) is 20.1. The van der Waals surface area contributed by atoms with Crippen LogP contribution < -0.4 is 0 Å². The summed E-state index contributed by atoms with van der Waals surface area (Å²) in [5.41, 5.74) is 0. The molecule has 0 aliphatic heterocycles. The van der Waals surface area contributed by atoms with Crippen molar-refractivity contribution in [3.8, 4) is 0 Å². The molecule has 35 aromatic carbocycles. The molecule has 0 spiro atoms. The first-order chi connectivity index (χ1) is 34.5. The van der Waals surface area contributed by atoms with Crippen LogP contribution in [0, 0.1) is 0 Å². The summed E-state index contributed by atoms with van der Waals surface area (Å²) >= 11 is 0. The third-order valence-electron chi connectivity index (χ3n) is 15.2. The van der Waals surface area contributed by atoms with Gasteiger partial charge in [-0.1, -0.05) is 170 Å². The van der Waals surface area contributed by atoms with Crippen LogP contribution in [0.5, 0.6) is 0 Å². The van der Waals surface area contributed by atoms with Crippen LogP contribution in [0.4, 0.5) is 0 Å². The first kappa shape index (κ1) is 38.9. The zero-order valence-electron chi connectivity index (χ0n) is 38.2. The van der Waals surface area contributed by atoms with Gasteiger partial charge < -0.3 is 0 Å². The molecular weight excluding hydrogens is 841 g/mol. The Morgan fingerprint density at radius 1 is 0.0714 bits per heavy atom. The zero-order valence-corrected chi connectivity index (χ0v) is 38.2. The molecule has 0 aromatic heterocycles. The van der Waals surface area contributed by atoms with Crippen LogP contribution in [0.2, 0.25) is 0 Å². The molecule has 0 heteroatoms. The molecule has 70 heavy (non-hydrogen) atoms. The van der Waals surface area contributed by atoms with E-state index < -0.39 is 0 Å². The first-order valence-electron chi connectivity index (χ1n) is 24.3. The second kappa shape index (κ2) is 15.2. The van der Waals surface area contributed by atoms with E-state index in [-0.39, 0.29) is 0 Å². The fourth-order valence-electron chi connectivity index (χ4n) is 11.2. The Morgan fingerprint density at radius 3 is 0.157 bits per heavy atom. The Hall–Kier alpha value is -9.10. The third kappa shape index (κ3) is 6.61. The minimum absolute atomic E-state index is 1.18. The second-order valence-corrected chi connectivity index (χ2v) is 19.4. The minimum atomic E-state index is 1.18. The number of benzene rings is 7. The van der Waals surface area contributed by atoms with E-state index in [4.69, 9.17) is 0 Å². The maximum absolute atomic E-state index is 2.36. The van der Waals surface area contributed by atoms with E-state index in [1.807, 2.05) is 0 Å². The van der Waals surface area contributed by atoms with Crippen molar-refractivity contribution in [2.24, 2.45) is 0 Å². The molecule has 28 bridgehead atoms. The van der Waals surface area contributed by atoms with Crippen LogP contribution in [-0.4, -0.2) is 0 Å². The third-order valence-corrected chi connectivity index (χ3v) is 15.2. The van der Waals surface area contributed by atoms with Crippen LogP contribution in [-0.2, 0) is 0 Å². The molecule has 0 saturated heterocycles. The molecule has 0 radical (unpaired) electrons. The summed E-state index contributed by atoms with van der Waals surface area (Å²) in [7, 11) is 0. The second-order valence-electron chi connectivity index (χ2n) is 19.4. The van der Waals surface area contributed by atoms with Gasteiger partial charge in [0.2, 0.25) is 0 Å². The maximum atomic E-state index is 2.36. The molecule has 0 amide bonds. The summed E-state index contributed by atoms with van der Waals surface area (Å²) in [5, 5.41) is 32.9. The summed E-state index contributed by atoms with van der Waals surface area (Å²) in [4.78, 5) is 0. The van der Waals surface area contributed by atoms with Gasteiger partial charge in [-0.3, -0.25) is 0 Å². The maximum Gasteiger partial charge on any atom is -0.0177 e. The van der Waals surface area contributed by atoms with Crippen molar-refractivity contribution in [1.82, 2.24) is 0 Å². The van der Waals surface area contributed by atoms with Gasteiger partial charge in [-0.25, -0.2) is 0 Å². The van der Waals surface area contributed by atoms with E-state index in [0.29, 0.717) is 0 Å². The Balaban J connectivity index is 1.22. The molecule has 0 nitrogen and oxygen atoms in total.